The molecule has 0 bridgehead atoms. The number of amides is 1. The van der Waals surface area contributed by atoms with Gasteiger partial charge < -0.3 is 10.2 Å². The number of benzene rings is 1. The summed E-state index contributed by atoms with van der Waals surface area (Å²) in [5.41, 5.74) is 1.88. The van der Waals surface area contributed by atoms with Crippen LogP contribution < -0.4 is 5.32 Å². The maximum atomic E-state index is 12.8. The predicted molar refractivity (Wildman–Crippen MR) is 88.7 cm³/mol. The molecule has 0 unspecified atom stereocenters. The summed E-state index contributed by atoms with van der Waals surface area (Å²) in [5, 5.41) is 3.27. The highest BCUT2D eigenvalue weighted by Gasteiger charge is 2.27. The number of hydrogen-bond donors (Lipinski definition) is 1. The van der Waals surface area contributed by atoms with E-state index in [1.54, 1.807) is 0 Å². The highest BCUT2D eigenvalue weighted by molar-refractivity contribution is 5.94. The second kappa shape index (κ2) is 7.48. The molecule has 1 fully saturated rings. The third-order valence-corrected chi connectivity index (χ3v) is 4.10. The number of carbonyl (C=O) groups is 1. The van der Waals surface area contributed by atoms with Gasteiger partial charge in [-0.15, -0.1) is 0 Å². The first kappa shape index (κ1) is 15.9. The van der Waals surface area contributed by atoms with Gasteiger partial charge in [0.1, 0.15) is 0 Å². The van der Waals surface area contributed by atoms with Gasteiger partial charge in [-0.1, -0.05) is 26.7 Å². The van der Waals surface area contributed by atoms with Crippen LogP contribution in [0.2, 0.25) is 0 Å². The molecular formula is C18H28N2O. The van der Waals surface area contributed by atoms with E-state index in [0.717, 1.165) is 37.2 Å². The average molecular weight is 288 g/mol. The Labute approximate surface area is 128 Å². The van der Waals surface area contributed by atoms with Crippen molar-refractivity contribution in [3.05, 3.63) is 29.8 Å². The third kappa shape index (κ3) is 4.23. The number of nitrogens with one attached hydrogen (secondary N) is 1. The predicted octanol–water partition coefficient (Wildman–Crippen LogP) is 4.16. The molecule has 3 heteroatoms. The molecule has 3 nitrogen and oxygen atoms in total. The Morgan fingerprint density at radius 3 is 2.38 bits per heavy atom. The van der Waals surface area contributed by atoms with E-state index in [1.807, 2.05) is 24.3 Å². The van der Waals surface area contributed by atoms with Gasteiger partial charge in [-0.2, -0.15) is 0 Å². The van der Waals surface area contributed by atoms with Crippen LogP contribution in [0.25, 0.3) is 0 Å². The maximum Gasteiger partial charge on any atom is 0.254 e. The molecule has 2 rings (SSSR count). The first-order valence-corrected chi connectivity index (χ1v) is 8.26. The summed E-state index contributed by atoms with van der Waals surface area (Å²) in [7, 11) is 0. The van der Waals surface area contributed by atoms with Crippen LogP contribution in [0.4, 0.5) is 5.69 Å². The van der Waals surface area contributed by atoms with E-state index in [-0.39, 0.29) is 5.91 Å². The normalized spacial score (nSPS) is 15.4. The van der Waals surface area contributed by atoms with Gasteiger partial charge in [0.05, 0.1) is 0 Å². The van der Waals surface area contributed by atoms with Crippen molar-refractivity contribution in [2.45, 2.75) is 52.5 Å². The van der Waals surface area contributed by atoms with Gasteiger partial charge in [-0.25, -0.2) is 0 Å². The second-order valence-electron chi connectivity index (χ2n) is 6.40. The Bertz CT molecular complexity index is 447. The van der Waals surface area contributed by atoms with Crippen LogP contribution >= 0.6 is 0 Å². The zero-order valence-corrected chi connectivity index (χ0v) is 13.6. The monoisotopic (exact) mass is 288 g/mol. The molecule has 0 aromatic heterocycles. The van der Waals surface area contributed by atoms with Gasteiger partial charge in [0.15, 0.2) is 0 Å². The molecule has 1 aliphatic rings. The summed E-state index contributed by atoms with van der Waals surface area (Å²) >= 11 is 0. The van der Waals surface area contributed by atoms with Gasteiger partial charge in [-0.3, -0.25) is 4.79 Å². The van der Waals surface area contributed by atoms with Gasteiger partial charge in [0.25, 0.3) is 5.91 Å². The molecule has 0 aliphatic heterocycles. The van der Waals surface area contributed by atoms with Crippen LogP contribution in [0.5, 0.6) is 0 Å². The van der Waals surface area contributed by atoms with Gasteiger partial charge in [0, 0.05) is 30.4 Å². The van der Waals surface area contributed by atoms with Gasteiger partial charge >= 0.3 is 0 Å². The molecule has 1 saturated carbocycles. The Kier molecular flexibility index (Phi) is 5.66. The molecule has 0 heterocycles. The van der Waals surface area contributed by atoms with E-state index in [2.05, 4.69) is 31.0 Å². The van der Waals surface area contributed by atoms with Crippen LogP contribution in [0, 0.1) is 5.92 Å². The fraction of sp³-hybridized carbons (Fsp3) is 0.611. The van der Waals surface area contributed by atoms with Crippen molar-refractivity contribution in [2.24, 2.45) is 5.92 Å². The van der Waals surface area contributed by atoms with Crippen molar-refractivity contribution in [2.75, 3.05) is 18.4 Å². The lowest BCUT2D eigenvalue weighted by atomic mass is 10.1. The van der Waals surface area contributed by atoms with Crippen molar-refractivity contribution in [3.63, 3.8) is 0 Å². The lowest BCUT2D eigenvalue weighted by molar-refractivity contribution is 0.0655. The summed E-state index contributed by atoms with van der Waals surface area (Å²) in [6.45, 7) is 8.20. The molecule has 21 heavy (non-hydrogen) atoms. The van der Waals surface area contributed by atoms with Crippen LogP contribution in [0.15, 0.2) is 24.3 Å². The number of nitrogens with zero attached hydrogens (tertiary/aromatic N) is 1. The fourth-order valence-electron chi connectivity index (χ4n) is 3.11. The fourth-order valence-corrected chi connectivity index (χ4v) is 3.11. The first-order valence-electron chi connectivity index (χ1n) is 8.26. The molecule has 1 N–H and O–H groups in total. The third-order valence-electron chi connectivity index (χ3n) is 4.10. The van der Waals surface area contributed by atoms with Crippen LogP contribution in [0.1, 0.15) is 56.8 Å². The van der Waals surface area contributed by atoms with Crippen molar-refractivity contribution >= 4 is 11.6 Å². The van der Waals surface area contributed by atoms with Crippen molar-refractivity contribution in [1.29, 1.82) is 0 Å². The summed E-state index contributed by atoms with van der Waals surface area (Å²) in [6.07, 6.45) is 4.83. The average Bonchev–Trinajstić information content (AvgIpc) is 2.99. The molecule has 1 aromatic rings. The largest absolute Gasteiger partial charge is 0.385 e. The van der Waals surface area contributed by atoms with E-state index in [9.17, 15) is 4.79 Å². The zero-order chi connectivity index (χ0) is 15.2. The van der Waals surface area contributed by atoms with E-state index in [4.69, 9.17) is 0 Å². The number of anilines is 1. The van der Waals surface area contributed by atoms with E-state index >= 15 is 0 Å². The highest BCUT2D eigenvalue weighted by atomic mass is 16.2. The standard InChI is InChI=1S/C18H28N2O/c1-4-19-16-11-9-15(10-12-16)18(21)20(13-14(2)3)17-7-5-6-8-17/h9-12,14,17,19H,4-8,13H2,1-3H3. The molecule has 0 spiro atoms. The molecule has 116 valence electrons. The second-order valence-corrected chi connectivity index (χ2v) is 6.40. The smallest absolute Gasteiger partial charge is 0.254 e. The quantitative estimate of drug-likeness (QED) is 0.852. The topological polar surface area (TPSA) is 32.3 Å². The molecule has 0 atom stereocenters. The summed E-state index contributed by atoms with van der Waals surface area (Å²) in [4.78, 5) is 15.0. The summed E-state index contributed by atoms with van der Waals surface area (Å²) < 4.78 is 0. The first-order chi connectivity index (χ1) is 10.1. The number of hydrogen-bond acceptors (Lipinski definition) is 2. The number of rotatable bonds is 6. The van der Waals surface area contributed by atoms with E-state index < -0.39 is 0 Å². The minimum absolute atomic E-state index is 0.193. The van der Waals surface area contributed by atoms with Crippen LogP contribution in [0.3, 0.4) is 0 Å². The molecule has 1 aromatic carbocycles. The lowest BCUT2D eigenvalue weighted by Crippen LogP contribution is -2.41. The van der Waals surface area contributed by atoms with Gasteiger partial charge in [-0.05, 0) is 49.9 Å². The molecule has 0 saturated heterocycles. The Balaban J connectivity index is 2.12. The zero-order valence-electron chi connectivity index (χ0n) is 13.6. The Hall–Kier alpha value is -1.51. The van der Waals surface area contributed by atoms with Crippen molar-refractivity contribution in [3.8, 4) is 0 Å². The Morgan fingerprint density at radius 1 is 1.24 bits per heavy atom. The molecule has 0 radical (unpaired) electrons. The van der Waals surface area contributed by atoms with Crippen molar-refractivity contribution in [1.82, 2.24) is 4.90 Å². The summed E-state index contributed by atoms with van der Waals surface area (Å²) in [6, 6.07) is 8.33. The minimum Gasteiger partial charge on any atom is -0.385 e. The minimum atomic E-state index is 0.193. The lowest BCUT2D eigenvalue weighted by Gasteiger charge is -2.30. The Morgan fingerprint density at radius 2 is 1.86 bits per heavy atom. The van der Waals surface area contributed by atoms with E-state index in [0.29, 0.717) is 12.0 Å². The van der Waals surface area contributed by atoms with Crippen molar-refractivity contribution < 1.29 is 4.79 Å². The molecular weight excluding hydrogens is 260 g/mol. The summed E-state index contributed by atoms with van der Waals surface area (Å²) in [5.74, 6) is 0.703. The SMILES string of the molecule is CCNc1ccc(C(=O)N(CC(C)C)C2CCCC2)cc1. The highest BCUT2D eigenvalue weighted by Crippen LogP contribution is 2.26. The maximum absolute atomic E-state index is 12.8. The van der Waals surface area contributed by atoms with Crippen LogP contribution in [-0.4, -0.2) is 29.9 Å². The van der Waals surface area contributed by atoms with Crippen LogP contribution in [-0.2, 0) is 0 Å². The van der Waals surface area contributed by atoms with Gasteiger partial charge in [0.2, 0.25) is 0 Å². The molecule has 1 aliphatic carbocycles. The van der Waals surface area contributed by atoms with E-state index in [1.165, 1.54) is 12.8 Å². The molecule has 1 amide bonds. The number of carbonyl (C=O) groups excluding carboxylic acids is 1.